The zero-order valence-electron chi connectivity index (χ0n) is 5.57. The van der Waals surface area contributed by atoms with Crippen LogP contribution in [0, 0.1) is 0 Å². The maximum atomic E-state index is 10.4. The van der Waals surface area contributed by atoms with Crippen molar-refractivity contribution in [1.29, 1.82) is 0 Å². The molecule has 0 aliphatic rings. The molecule has 0 fully saturated rings. The Bertz CT molecular complexity index is 151. The predicted octanol–water partition coefficient (Wildman–Crippen LogP) is 1.39. The molecule has 0 spiro atoms. The number of halogens is 1. The van der Waals surface area contributed by atoms with E-state index >= 15 is 0 Å². The Labute approximate surface area is 59.7 Å². The molecule has 3 heteroatoms. The number of rotatable bonds is 2. The summed E-state index contributed by atoms with van der Waals surface area (Å²) < 4.78 is 0. The first-order valence-corrected chi connectivity index (χ1v) is 3.12. The molecule has 0 radical (unpaired) electrons. The SMILES string of the molecule is CCC(N)=C(C)C(=O)Cl. The molecule has 0 aliphatic carbocycles. The lowest BCUT2D eigenvalue weighted by molar-refractivity contribution is -0.108. The Balaban J connectivity index is 4.28. The molecule has 2 N–H and O–H groups in total. The van der Waals surface area contributed by atoms with Gasteiger partial charge in [0.15, 0.2) is 0 Å². The lowest BCUT2D eigenvalue weighted by Crippen LogP contribution is -2.03. The number of carbonyl (C=O) groups is 1. The van der Waals surface area contributed by atoms with E-state index in [2.05, 4.69) is 0 Å². The summed E-state index contributed by atoms with van der Waals surface area (Å²) in [5.74, 6) is 0. The number of nitrogens with two attached hydrogens (primary N) is 1. The quantitative estimate of drug-likeness (QED) is 0.474. The smallest absolute Gasteiger partial charge is 0.249 e. The summed E-state index contributed by atoms with van der Waals surface area (Å²) in [7, 11) is 0. The van der Waals surface area contributed by atoms with Crippen molar-refractivity contribution in [3.63, 3.8) is 0 Å². The van der Waals surface area contributed by atoms with E-state index in [4.69, 9.17) is 17.3 Å². The van der Waals surface area contributed by atoms with Crippen molar-refractivity contribution in [3.8, 4) is 0 Å². The first-order valence-electron chi connectivity index (χ1n) is 2.74. The summed E-state index contributed by atoms with van der Waals surface area (Å²) in [5, 5.41) is -0.464. The predicted molar refractivity (Wildman–Crippen MR) is 38.0 cm³/mol. The van der Waals surface area contributed by atoms with Crippen LogP contribution in [0.2, 0.25) is 0 Å². The molecule has 0 unspecified atom stereocenters. The van der Waals surface area contributed by atoms with Gasteiger partial charge in [0.25, 0.3) is 0 Å². The first-order chi connectivity index (χ1) is 4.09. The maximum Gasteiger partial charge on any atom is 0.249 e. The topological polar surface area (TPSA) is 43.1 Å². The lowest BCUT2D eigenvalue weighted by atomic mass is 10.2. The second kappa shape index (κ2) is 3.51. The van der Waals surface area contributed by atoms with Gasteiger partial charge in [0.05, 0.1) is 0 Å². The number of carbonyl (C=O) groups excluding carboxylic acids is 1. The van der Waals surface area contributed by atoms with Crippen molar-refractivity contribution >= 4 is 16.8 Å². The van der Waals surface area contributed by atoms with E-state index in [-0.39, 0.29) is 0 Å². The molecule has 9 heavy (non-hydrogen) atoms. The average Bonchev–Trinajstić information content (AvgIpc) is 1.84. The van der Waals surface area contributed by atoms with E-state index in [1.807, 2.05) is 6.92 Å². The second-order valence-electron chi connectivity index (χ2n) is 1.78. The molecule has 0 amide bonds. The fourth-order valence-electron chi connectivity index (χ4n) is 0.391. The summed E-state index contributed by atoms with van der Waals surface area (Å²) in [5.41, 5.74) is 6.41. The summed E-state index contributed by atoms with van der Waals surface area (Å²) in [6.45, 7) is 3.49. The highest BCUT2D eigenvalue weighted by Crippen LogP contribution is 2.04. The molecule has 0 bridgehead atoms. The Morgan fingerprint density at radius 2 is 2.11 bits per heavy atom. The molecule has 52 valence electrons. The Morgan fingerprint density at radius 1 is 1.67 bits per heavy atom. The van der Waals surface area contributed by atoms with E-state index in [0.29, 0.717) is 17.7 Å². The molecule has 0 rings (SSSR count). The maximum absolute atomic E-state index is 10.4. The van der Waals surface area contributed by atoms with Crippen LogP contribution in [0.3, 0.4) is 0 Å². The molecule has 0 atom stereocenters. The monoisotopic (exact) mass is 147 g/mol. The van der Waals surface area contributed by atoms with Gasteiger partial charge in [-0.3, -0.25) is 4.79 Å². The second-order valence-corrected chi connectivity index (χ2v) is 2.12. The van der Waals surface area contributed by atoms with E-state index in [9.17, 15) is 4.79 Å². The third kappa shape index (κ3) is 2.51. The van der Waals surface area contributed by atoms with Gasteiger partial charge in [-0.15, -0.1) is 0 Å². The van der Waals surface area contributed by atoms with Crippen LogP contribution >= 0.6 is 11.6 Å². The third-order valence-electron chi connectivity index (χ3n) is 1.16. The van der Waals surface area contributed by atoms with Crippen molar-refractivity contribution in [1.82, 2.24) is 0 Å². The van der Waals surface area contributed by atoms with Gasteiger partial charge >= 0.3 is 0 Å². The van der Waals surface area contributed by atoms with Crippen LogP contribution in [-0.2, 0) is 4.79 Å². The van der Waals surface area contributed by atoms with Gasteiger partial charge in [0.2, 0.25) is 5.24 Å². The van der Waals surface area contributed by atoms with Crippen LogP contribution in [0.5, 0.6) is 0 Å². The van der Waals surface area contributed by atoms with Crippen molar-refractivity contribution in [2.24, 2.45) is 5.73 Å². The van der Waals surface area contributed by atoms with Crippen LogP contribution in [0.25, 0.3) is 0 Å². The highest BCUT2D eigenvalue weighted by molar-refractivity contribution is 6.67. The molecular weight excluding hydrogens is 138 g/mol. The number of hydrogen-bond acceptors (Lipinski definition) is 2. The number of hydrogen-bond donors (Lipinski definition) is 1. The van der Waals surface area contributed by atoms with E-state index in [1.54, 1.807) is 6.92 Å². The van der Waals surface area contributed by atoms with Crippen LogP contribution < -0.4 is 5.73 Å². The van der Waals surface area contributed by atoms with Crippen molar-refractivity contribution in [2.75, 3.05) is 0 Å². The Kier molecular flexibility index (Phi) is 3.32. The molecule has 0 aliphatic heterocycles. The van der Waals surface area contributed by atoms with Gasteiger partial charge in [-0.05, 0) is 24.9 Å². The van der Waals surface area contributed by atoms with Gasteiger partial charge in [-0.25, -0.2) is 0 Å². The number of allylic oxidation sites excluding steroid dienone is 2. The van der Waals surface area contributed by atoms with Crippen LogP contribution in [-0.4, -0.2) is 5.24 Å². The molecule has 0 saturated heterocycles. The first kappa shape index (κ1) is 8.50. The van der Waals surface area contributed by atoms with Crippen LogP contribution in [0.15, 0.2) is 11.3 Å². The van der Waals surface area contributed by atoms with Crippen LogP contribution in [0.1, 0.15) is 20.3 Å². The third-order valence-corrected chi connectivity index (χ3v) is 1.44. The van der Waals surface area contributed by atoms with Crippen molar-refractivity contribution < 1.29 is 4.79 Å². The van der Waals surface area contributed by atoms with Crippen LogP contribution in [0.4, 0.5) is 0 Å². The van der Waals surface area contributed by atoms with Gasteiger partial charge < -0.3 is 5.73 Å². The lowest BCUT2D eigenvalue weighted by Gasteiger charge is -1.97. The van der Waals surface area contributed by atoms with E-state index < -0.39 is 5.24 Å². The minimum atomic E-state index is -0.464. The normalized spacial score (nSPS) is 12.8. The summed E-state index contributed by atoms with van der Waals surface area (Å²) in [4.78, 5) is 10.4. The zero-order valence-corrected chi connectivity index (χ0v) is 6.33. The summed E-state index contributed by atoms with van der Waals surface area (Å²) in [6, 6.07) is 0. The molecule has 0 aromatic rings. The van der Waals surface area contributed by atoms with Crippen molar-refractivity contribution in [3.05, 3.63) is 11.3 Å². The van der Waals surface area contributed by atoms with Gasteiger partial charge in [0.1, 0.15) is 0 Å². The van der Waals surface area contributed by atoms with Gasteiger partial charge in [-0.2, -0.15) is 0 Å². The summed E-state index contributed by atoms with van der Waals surface area (Å²) in [6.07, 6.45) is 0.671. The molecule has 2 nitrogen and oxygen atoms in total. The summed E-state index contributed by atoms with van der Waals surface area (Å²) >= 11 is 5.13. The fourth-order valence-corrected chi connectivity index (χ4v) is 0.513. The average molecular weight is 148 g/mol. The fraction of sp³-hybridized carbons (Fsp3) is 0.500. The van der Waals surface area contributed by atoms with Crippen molar-refractivity contribution in [2.45, 2.75) is 20.3 Å². The minimum absolute atomic E-state index is 0.458. The molecule has 0 aromatic heterocycles. The largest absolute Gasteiger partial charge is 0.402 e. The van der Waals surface area contributed by atoms with E-state index in [0.717, 1.165) is 0 Å². The van der Waals surface area contributed by atoms with Gasteiger partial charge in [-0.1, -0.05) is 6.92 Å². The standard InChI is InChI=1S/C6H10ClNO/c1-3-5(8)4(2)6(7)9/h3,8H2,1-2H3. The molecule has 0 heterocycles. The minimum Gasteiger partial charge on any atom is -0.402 e. The zero-order chi connectivity index (χ0) is 7.44. The highest BCUT2D eigenvalue weighted by atomic mass is 35.5. The Morgan fingerprint density at radius 3 is 2.22 bits per heavy atom. The Hall–Kier alpha value is -0.500. The van der Waals surface area contributed by atoms with Gasteiger partial charge in [0, 0.05) is 11.3 Å². The molecular formula is C6H10ClNO. The van der Waals surface area contributed by atoms with E-state index in [1.165, 1.54) is 0 Å². The highest BCUT2D eigenvalue weighted by Gasteiger charge is 2.01. The molecule has 0 aromatic carbocycles. The molecule has 0 saturated carbocycles.